The molecule has 0 radical (unpaired) electrons. The Balaban J connectivity index is 0.00000242. The molecule has 0 spiro atoms. The number of hydrogen-bond acceptors (Lipinski definition) is 6. The summed E-state index contributed by atoms with van der Waals surface area (Å²) in [6.07, 6.45) is 2.78. The molecule has 1 atom stereocenters. The summed E-state index contributed by atoms with van der Waals surface area (Å²) >= 11 is 1.72. The monoisotopic (exact) mass is 348 g/mol. The van der Waals surface area contributed by atoms with Crippen LogP contribution in [0.1, 0.15) is 17.9 Å². The molecule has 1 aliphatic rings. The molecule has 2 rings (SSSR count). The summed E-state index contributed by atoms with van der Waals surface area (Å²) in [5.41, 5.74) is 6.86. The van der Waals surface area contributed by atoms with Crippen molar-refractivity contribution in [3.05, 3.63) is 17.5 Å². The highest BCUT2D eigenvalue weighted by Gasteiger charge is 2.25. The lowest BCUT2D eigenvalue weighted by Crippen LogP contribution is -2.53. The second-order valence-electron chi connectivity index (χ2n) is 5.42. The maximum atomic E-state index is 12.2. The molecule has 126 valence electrons. The van der Waals surface area contributed by atoms with Crippen LogP contribution in [0.4, 0.5) is 0 Å². The van der Waals surface area contributed by atoms with Crippen molar-refractivity contribution < 1.29 is 9.32 Å². The number of carbonyl (C=O) groups is 1. The van der Waals surface area contributed by atoms with Crippen LogP contribution in [0.25, 0.3) is 0 Å². The zero-order valence-electron chi connectivity index (χ0n) is 13.2. The average molecular weight is 349 g/mol. The van der Waals surface area contributed by atoms with Gasteiger partial charge in [-0.1, -0.05) is 5.16 Å². The lowest BCUT2D eigenvalue weighted by atomic mass is 10.2. The molecule has 2 N–H and O–H groups in total. The van der Waals surface area contributed by atoms with Gasteiger partial charge in [0.1, 0.15) is 0 Å². The summed E-state index contributed by atoms with van der Waals surface area (Å²) in [4.78, 5) is 16.4. The van der Waals surface area contributed by atoms with Crippen molar-refractivity contribution in [2.75, 3.05) is 38.2 Å². The maximum absolute atomic E-state index is 12.2. The second kappa shape index (κ2) is 9.39. The van der Waals surface area contributed by atoms with Gasteiger partial charge in [-0.25, -0.2) is 0 Å². The van der Waals surface area contributed by atoms with E-state index >= 15 is 0 Å². The molecule has 1 aromatic rings. The molecule has 0 aromatic carbocycles. The number of nitrogens with two attached hydrogens (primary N) is 1. The van der Waals surface area contributed by atoms with E-state index in [0.717, 1.165) is 56.4 Å². The van der Waals surface area contributed by atoms with E-state index in [-0.39, 0.29) is 24.4 Å². The van der Waals surface area contributed by atoms with Crippen LogP contribution in [0, 0.1) is 6.92 Å². The van der Waals surface area contributed by atoms with Crippen molar-refractivity contribution in [2.45, 2.75) is 25.9 Å². The predicted octanol–water partition coefficient (Wildman–Crippen LogP) is 1.13. The normalized spacial score (nSPS) is 17.1. The molecule has 1 amide bonds. The molecule has 0 unspecified atom stereocenters. The molecule has 0 aliphatic carbocycles. The van der Waals surface area contributed by atoms with E-state index in [9.17, 15) is 4.79 Å². The van der Waals surface area contributed by atoms with E-state index in [0.29, 0.717) is 0 Å². The molecule has 8 heteroatoms. The van der Waals surface area contributed by atoms with Gasteiger partial charge in [-0.3, -0.25) is 9.69 Å². The molecule has 0 saturated carbocycles. The van der Waals surface area contributed by atoms with Gasteiger partial charge in [0.15, 0.2) is 5.76 Å². The Hall–Kier alpha value is -0.760. The van der Waals surface area contributed by atoms with Gasteiger partial charge in [-0.15, -0.1) is 12.4 Å². The molecule has 0 bridgehead atoms. The van der Waals surface area contributed by atoms with Gasteiger partial charge in [0.25, 0.3) is 0 Å². The van der Waals surface area contributed by atoms with Crippen LogP contribution in [0.2, 0.25) is 0 Å². The number of piperazine rings is 1. The number of rotatable bonds is 6. The fourth-order valence-corrected chi connectivity index (χ4v) is 2.93. The summed E-state index contributed by atoms with van der Waals surface area (Å²) in [7, 11) is 0. The Bertz CT molecular complexity index is 463. The van der Waals surface area contributed by atoms with Gasteiger partial charge >= 0.3 is 0 Å². The molecule has 22 heavy (non-hydrogen) atoms. The van der Waals surface area contributed by atoms with E-state index in [1.807, 2.05) is 24.1 Å². The molecule has 1 aromatic heterocycles. The van der Waals surface area contributed by atoms with Crippen LogP contribution in [-0.2, 0) is 11.3 Å². The number of aromatic nitrogens is 1. The Morgan fingerprint density at radius 1 is 1.45 bits per heavy atom. The predicted molar refractivity (Wildman–Crippen MR) is 91.3 cm³/mol. The third-order valence-corrected chi connectivity index (χ3v) is 4.33. The first-order valence-electron chi connectivity index (χ1n) is 7.28. The van der Waals surface area contributed by atoms with Gasteiger partial charge in [0.2, 0.25) is 5.91 Å². The Morgan fingerprint density at radius 2 is 2.14 bits per heavy atom. The molecule has 2 heterocycles. The topological polar surface area (TPSA) is 75.6 Å². The lowest BCUT2D eigenvalue weighted by Gasteiger charge is -2.35. The molecule has 1 saturated heterocycles. The summed E-state index contributed by atoms with van der Waals surface area (Å²) in [5.74, 6) is 1.89. The van der Waals surface area contributed by atoms with Crippen LogP contribution in [0.15, 0.2) is 10.6 Å². The van der Waals surface area contributed by atoms with Gasteiger partial charge in [-0.2, -0.15) is 11.8 Å². The standard InChI is InChI=1S/C14H24N4O2S.ClH/c1-11-9-12(20-16-11)10-17-4-6-18(7-5-17)14(19)13(15)3-8-21-2;/h9,13H,3-8,10,15H2,1-2H3;1H/t13-;/m0./s1. The Morgan fingerprint density at radius 3 is 2.68 bits per heavy atom. The van der Waals surface area contributed by atoms with Crippen molar-refractivity contribution >= 4 is 30.1 Å². The summed E-state index contributed by atoms with van der Waals surface area (Å²) < 4.78 is 5.23. The molecule has 1 aliphatic heterocycles. The zero-order valence-corrected chi connectivity index (χ0v) is 14.8. The quantitative estimate of drug-likeness (QED) is 0.830. The van der Waals surface area contributed by atoms with Crippen LogP contribution in [0.5, 0.6) is 0 Å². The lowest BCUT2D eigenvalue weighted by molar-refractivity contribution is -0.134. The van der Waals surface area contributed by atoms with Crippen molar-refractivity contribution in [2.24, 2.45) is 5.73 Å². The number of hydrogen-bond donors (Lipinski definition) is 1. The van der Waals surface area contributed by atoms with E-state index in [2.05, 4.69) is 10.1 Å². The van der Waals surface area contributed by atoms with Gasteiger partial charge in [0.05, 0.1) is 18.3 Å². The minimum absolute atomic E-state index is 0. The SMILES string of the molecule is CSCC[C@H](N)C(=O)N1CCN(Cc2cc(C)no2)CC1.Cl. The fourth-order valence-electron chi connectivity index (χ4n) is 2.44. The summed E-state index contributed by atoms with van der Waals surface area (Å²) in [5, 5.41) is 3.89. The minimum Gasteiger partial charge on any atom is -0.360 e. The average Bonchev–Trinajstić information content (AvgIpc) is 2.90. The van der Waals surface area contributed by atoms with Crippen molar-refractivity contribution in [1.29, 1.82) is 0 Å². The first-order chi connectivity index (χ1) is 10.1. The van der Waals surface area contributed by atoms with E-state index in [1.54, 1.807) is 11.8 Å². The van der Waals surface area contributed by atoms with Crippen molar-refractivity contribution in [3.8, 4) is 0 Å². The highest BCUT2D eigenvalue weighted by atomic mass is 35.5. The van der Waals surface area contributed by atoms with Crippen LogP contribution in [-0.4, -0.2) is 65.1 Å². The zero-order chi connectivity index (χ0) is 15.2. The van der Waals surface area contributed by atoms with Gasteiger partial charge in [0, 0.05) is 32.2 Å². The molecule has 1 fully saturated rings. The highest BCUT2D eigenvalue weighted by Crippen LogP contribution is 2.11. The number of aryl methyl sites for hydroxylation is 1. The molecule has 6 nitrogen and oxygen atoms in total. The van der Waals surface area contributed by atoms with Crippen LogP contribution in [0.3, 0.4) is 0 Å². The van der Waals surface area contributed by atoms with E-state index in [4.69, 9.17) is 10.3 Å². The van der Waals surface area contributed by atoms with Crippen molar-refractivity contribution in [3.63, 3.8) is 0 Å². The summed E-state index contributed by atoms with van der Waals surface area (Å²) in [6, 6.07) is 1.59. The number of carbonyl (C=O) groups excluding carboxylic acids is 1. The minimum atomic E-state index is -0.360. The number of nitrogens with zero attached hydrogens (tertiary/aromatic N) is 3. The van der Waals surface area contributed by atoms with Crippen molar-refractivity contribution in [1.82, 2.24) is 15.0 Å². The van der Waals surface area contributed by atoms with E-state index < -0.39 is 0 Å². The third-order valence-electron chi connectivity index (χ3n) is 3.69. The molecular weight excluding hydrogens is 324 g/mol. The smallest absolute Gasteiger partial charge is 0.239 e. The third kappa shape index (κ3) is 5.46. The van der Waals surface area contributed by atoms with Crippen LogP contribution < -0.4 is 5.73 Å². The maximum Gasteiger partial charge on any atom is 0.239 e. The highest BCUT2D eigenvalue weighted by molar-refractivity contribution is 7.98. The van der Waals surface area contributed by atoms with Gasteiger partial charge in [-0.05, 0) is 25.4 Å². The Kier molecular flexibility index (Phi) is 8.24. The first-order valence-corrected chi connectivity index (χ1v) is 8.67. The number of amides is 1. The first kappa shape index (κ1) is 19.3. The molecular formula is C14H25ClN4O2S. The fraction of sp³-hybridized carbons (Fsp3) is 0.714. The Labute approximate surface area is 142 Å². The van der Waals surface area contributed by atoms with Gasteiger partial charge < -0.3 is 15.2 Å². The summed E-state index contributed by atoms with van der Waals surface area (Å²) in [6.45, 7) is 5.83. The number of thioether (sulfide) groups is 1. The van der Waals surface area contributed by atoms with E-state index in [1.165, 1.54) is 0 Å². The number of halogens is 1. The second-order valence-corrected chi connectivity index (χ2v) is 6.41. The largest absolute Gasteiger partial charge is 0.360 e. The van der Waals surface area contributed by atoms with Crippen LogP contribution >= 0.6 is 24.2 Å².